The number of nitrogens with zero attached hydrogens (tertiary/aromatic N) is 2. The summed E-state index contributed by atoms with van der Waals surface area (Å²) >= 11 is 0. The Balaban J connectivity index is 1.99. The average Bonchev–Trinajstić information content (AvgIpc) is 3.07. The Hall–Kier alpha value is -3.02. The van der Waals surface area contributed by atoms with E-state index in [0.29, 0.717) is 11.5 Å². The average molecular weight is 307 g/mol. The van der Waals surface area contributed by atoms with Crippen molar-refractivity contribution in [1.29, 1.82) is 0 Å². The van der Waals surface area contributed by atoms with Crippen LogP contribution in [0.2, 0.25) is 0 Å². The van der Waals surface area contributed by atoms with E-state index in [2.05, 4.69) is 32.1 Å². The van der Waals surface area contributed by atoms with Crippen molar-refractivity contribution in [2.45, 2.75) is 13.8 Å². The topological polar surface area (TPSA) is 92.6 Å². The summed E-state index contributed by atoms with van der Waals surface area (Å²) in [6.07, 6.45) is 0. The van der Waals surface area contributed by atoms with E-state index in [9.17, 15) is 0 Å². The molecule has 116 valence electrons. The van der Waals surface area contributed by atoms with Crippen LogP contribution in [-0.2, 0) is 0 Å². The summed E-state index contributed by atoms with van der Waals surface area (Å²) in [5.41, 5.74) is 11.5. The van der Waals surface area contributed by atoms with E-state index in [0.717, 1.165) is 44.8 Å². The van der Waals surface area contributed by atoms with Gasteiger partial charge in [0.25, 0.3) is 0 Å². The van der Waals surface area contributed by atoms with Crippen molar-refractivity contribution in [3.8, 4) is 17.0 Å². The second-order valence-corrected chi connectivity index (χ2v) is 5.71. The predicted octanol–water partition coefficient (Wildman–Crippen LogP) is 3.31. The van der Waals surface area contributed by atoms with Gasteiger partial charge in [-0.25, -0.2) is 9.97 Å². The molecule has 1 aromatic carbocycles. The minimum absolute atomic E-state index is 0.450. The number of nitrogens with one attached hydrogen (secondary N) is 2. The Morgan fingerprint density at radius 3 is 2.65 bits per heavy atom. The smallest absolute Gasteiger partial charge is 0.180 e. The first-order valence-corrected chi connectivity index (χ1v) is 7.35. The number of fused-ring (bicyclic) bond motifs is 2. The number of aryl methyl sites for hydroxylation is 2. The van der Waals surface area contributed by atoms with Gasteiger partial charge in [0.15, 0.2) is 5.65 Å². The summed E-state index contributed by atoms with van der Waals surface area (Å²) in [5.74, 6) is 2.14. The van der Waals surface area contributed by atoms with Crippen LogP contribution in [0.15, 0.2) is 24.3 Å². The minimum atomic E-state index is 0.450. The number of imidazole rings is 1. The molecule has 6 heteroatoms. The fraction of sp³-hybridized carbons (Fsp3) is 0.176. The fourth-order valence-electron chi connectivity index (χ4n) is 2.97. The number of nitrogen functional groups attached to an aromatic ring is 1. The molecule has 0 aliphatic heterocycles. The second-order valence-electron chi connectivity index (χ2n) is 5.71. The van der Waals surface area contributed by atoms with Crippen LogP contribution in [0.1, 0.15) is 11.4 Å². The van der Waals surface area contributed by atoms with E-state index in [4.69, 9.17) is 10.5 Å². The molecule has 0 aliphatic rings. The number of rotatable bonds is 2. The zero-order chi connectivity index (χ0) is 16.1. The van der Waals surface area contributed by atoms with Gasteiger partial charge < -0.3 is 20.4 Å². The molecule has 0 radical (unpaired) electrons. The van der Waals surface area contributed by atoms with Gasteiger partial charge >= 0.3 is 0 Å². The largest absolute Gasteiger partial charge is 0.496 e. The lowest BCUT2D eigenvalue weighted by molar-refractivity contribution is 0.412. The van der Waals surface area contributed by atoms with Crippen molar-refractivity contribution < 1.29 is 4.74 Å². The highest BCUT2D eigenvalue weighted by molar-refractivity contribution is 5.95. The molecule has 4 aromatic rings. The molecule has 3 heterocycles. The van der Waals surface area contributed by atoms with Crippen LogP contribution >= 0.6 is 0 Å². The van der Waals surface area contributed by atoms with Gasteiger partial charge in [-0.3, -0.25) is 0 Å². The first kappa shape index (κ1) is 13.6. The molecular formula is C17H17N5O. The molecule has 0 saturated heterocycles. The molecular weight excluding hydrogens is 290 g/mol. The van der Waals surface area contributed by atoms with Crippen molar-refractivity contribution in [1.82, 2.24) is 19.9 Å². The van der Waals surface area contributed by atoms with E-state index >= 15 is 0 Å². The molecule has 0 unspecified atom stereocenters. The van der Waals surface area contributed by atoms with Crippen LogP contribution in [0.5, 0.6) is 5.75 Å². The van der Waals surface area contributed by atoms with Gasteiger partial charge in [0.1, 0.15) is 17.4 Å². The van der Waals surface area contributed by atoms with Crippen molar-refractivity contribution in [2.24, 2.45) is 0 Å². The van der Waals surface area contributed by atoms with Gasteiger partial charge in [-0.2, -0.15) is 0 Å². The standard InChI is InChI=1S/C17H17N5O/c1-8-4-12-10(6-14(8)23-3)5-13(21-12)11-7-15(18)22-17-16(11)19-9(2)20-17/h4-7,21H,1-3H3,(H3,18,19,20,22). The van der Waals surface area contributed by atoms with Gasteiger partial charge in [-0.15, -0.1) is 0 Å². The summed E-state index contributed by atoms with van der Waals surface area (Å²) in [4.78, 5) is 15.4. The molecule has 4 N–H and O–H groups in total. The van der Waals surface area contributed by atoms with Gasteiger partial charge in [0, 0.05) is 22.2 Å². The van der Waals surface area contributed by atoms with Crippen molar-refractivity contribution >= 4 is 27.9 Å². The maximum atomic E-state index is 5.94. The van der Waals surface area contributed by atoms with Crippen LogP contribution in [-0.4, -0.2) is 27.0 Å². The number of anilines is 1. The number of aromatic amines is 2. The molecule has 0 spiro atoms. The quantitative estimate of drug-likeness (QED) is 0.529. The third kappa shape index (κ3) is 2.11. The number of hydrogen-bond donors (Lipinski definition) is 3. The Morgan fingerprint density at radius 2 is 1.87 bits per heavy atom. The number of aromatic nitrogens is 4. The number of pyridine rings is 1. The normalized spacial score (nSPS) is 11.4. The highest BCUT2D eigenvalue weighted by atomic mass is 16.5. The summed E-state index contributed by atoms with van der Waals surface area (Å²) in [6, 6.07) is 8.05. The lowest BCUT2D eigenvalue weighted by Crippen LogP contribution is -1.92. The first-order chi connectivity index (χ1) is 11.0. The molecule has 0 saturated carbocycles. The molecule has 23 heavy (non-hydrogen) atoms. The molecule has 0 atom stereocenters. The Morgan fingerprint density at radius 1 is 1.04 bits per heavy atom. The number of ether oxygens (including phenoxy) is 1. The molecule has 0 fully saturated rings. The van der Waals surface area contributed by atoms with Gasteiger partial charge in [0.05, 0.1) is 12.6 Å². The van der Waals surface area contributed by atoms with Gasteiger partial charge in [0.2, 0.25) is 0 Å². The van der Waals surface area contributed by atoms with E-state index in [1.54, 1.807) is 7.11 Å². The van der Waals surface area contributed by atoms with Crippen LogP contribution in [0, 0.1) is 13.8 Å². The predicted molar refractivity (Wildman–Crippen MR) is 91.6 cm³/mol. The molecule has 6 nitrogen and oxygen atoms in total. The van der Waals surface area contributed by atoms with E-state index in [1.165, 1.54) is 0 Å². The number of benzene rings is 1. The fourth-order valence-corrected chi connectivity index (χ4v) is 2.97. The van der Waals surface area contributed by atoms with E-state index in [1.807, 2.05) is 26.0 Å². The summed E-state index contributed by atoms with van der Waals surface area (Å²) in [5, 5.41) is 1.09. The maximum Gasteiger partial charge on any atom is 0.180 e. The highest BCUT2D eigenvalue weighted by Gasteiger charge is 2.13. The van der Waals surface area contributed by atoms with Crippen LogP contribution in [0.25, 0.3) is 33.3 Å². The van der Waals surface area contributed by atoms with E-state index < -0.39 is 0 Å². The molecule has 0 aliphatic carbocycles. The summed E-state index contributed by atoms with van der Waals surface area (Å²) < 4.78 is 5.40. The first-order valence-electron chi connectivity index (χ1n) is 7.35. The zero-order valence-electron chi connectivity index (χ0n) is 13.2. The maximum absolute atomic E-state index is 5.94. The Labute approximate surface area is 132 Å². The lowest BCUT2D eigenvalue weighted by Gasteiger charge is -2.03. The molecule has 3 aromatic heterocycles. The number of nitrogens with two attached hydrogens (primary N) is 1. The zero-order valence-corrected chi connectivity index (χ0v) is 13.2. The third-order valence-corrected chi connectivity index (χ3v) is 4.03. The van der Waals surface area contributed by atoms with Crippen molar-refractivity contribution in [3.05, 3.63) is 35.7 Å². The van der Waals surface area contributed by atoms with Crippen LogP contribution in [0.3, 0.4) is 0 Å². The molecule has 0 amide bonds. The van der Waals surface area contributed by atoms with Crippen LogP contribution < -0.4 is 10.5 Å². The SMILES string of the molecule is COc1cc2cc(-c3cc(N)nc4nc(C)[nH]c34)[nH]c2cc1C. The summed E-state index contributed by atoms with van der Waals surface area (Å²) in [6.45, 7) is 3.93. The monoisotopic (exact) mass is 307 g/mol. The summed E-state index contributed by atoms with van der Waals surface area (Å²) in [7, 11) is 1.68. The lowest BCUT2D eigenvalue weighted by atomic mass is 10.1. The number of hydrogen-bond acceptors (Lipinski definition) is 4. The third-order valence-electron chi connectivity index (χ3n) is 4.03. The minimum Gasteiger partial charge on any atom is -0.496 e. The highest BCUT2D eigenvalue weighted by Crippen LogP contribution is 2.32. The number of H-pyrrole nitrogens is 2. The molecule has 0 bridgehead atoms. The van der Waals surface area contributed by atoms with Gasteiger partial charge in [-0.1, -0.05) is 0 Å². The van der Waals surface area contributed by atoms with Crippen molar-refractivity contribution in [2.75, 3.05) is 12.8 Å². The van der Waals surface area contributed by atoms with Crippen LogP contribution in [0.4, 0.5) is 5.82 Å². The number of methoxy groups -OCH3 is 1. The van der Waals surface area contributed by atoms with E-state index in [-0.39, 0.29) is 0 Å². The van der Waals surface area contributed by atoms with Gasteiger partial charge in [-0.05, 0) is 43.7 Å². The second kappa shape index (κ2) is 4.74. The Bertz CT molecular complexity index is 1040. The Kier molecular flexibility index (Phi) is 2.81. The molecule has 4 rings (SSSR count). The van der Waals surface area contributed by atoms with Crippen molar-refractivity contribution in [3.63, 3.8) is 0 Å².